The van der Waals surface area contributed by atoms with Crippen molar-refractivity contribution in [1.29, 1.82) is 0 Å². The Morgan fingerprint density at radius 2 is 2.12 bits per heavy atom. The maximum absolute atomic E-state index is 12.4. The average Bonchev–Trinajstić information content (AvgIpc) is 3.11. The van der Waals surface area contributed by atoms with Crippen molar-refractivity contribution in [3.8, 4) is 0 Å². The highest BCUT2D eigenvalue weighted by atomic mass is 16.2. The second kappa shape index (κ2) is 5.27. The summed E-state index contributed by atoms with van der Waals surface area (Å²) in [6.07, 6.45) is 5.51. The summed E-state index contributed by atoms with van der Waals surface area (Å²) in [7, 11) is 1.83. The Balaban J connectivity index is 1.31. The Hall–Kier alpha value is -2.97. The molecule has 9 nitrogen and oxygen atoms in total. The normalized spacial score (nSPS) is 17.7. The van der Waals surface area contributed by atoms with E-state index in [2.05, 4.69) is 25.3 Å². The summed E-state index contributed by atoms with van der Waals surface area (Å²) < 4.78 is 1.86. The maximum atomic E-state index is 12.4. The maximum Gasteiger partial charge on any atom is 0.257 e. The monoisotopic (exact) mass is 338 g/mol. The number of hydrogen-bond acceptors (Lipinski definition) is 6. The lowest BCUT2D eigenvalue weighted by Crippen LogP contribution is -2.60. The molecule has 0 atom stereocenters. The van der Waals surface area contributed by atoms with E-state index < -0.39 is 0 Å². The molecule has 1 amide bonds. The number of nitrogens with zero attached hydrogens (tertiary/aromatic N) is 7. The summed E-state index contributed by atoms with van der Waals surface area (Å²) in [6, 6.07) is 4.09. The fraction of sp³-hybridized carbons (Fsp3) is 0.438. The topological polar surface area (TPSA) is 95.3 Å². The van der Waals surface area contributed by atoms with Gasteiger partial charge < -0.3 is 9.80 Å². The molecule has 0 unspecified atom stereocenters. The highest BCUT2D eigenvalue weighted by Crippen LogP contribution is 2.38. The van der Waals surface area contributed by atoms with Gasteiger partial charge in [0.15, 0.2) is 11.5 Å². The van der Waals surface area contributed by atoms with Gasteiger partial charge >= 0.3 is 0 Å². The van der Waals surface area contributed by atoms with Crippen molar-refractivity contribution in [2.45, 2.75) is 24.8 Å². The highest BCUT2D eigenvalue weighted by molar-refractivity contribution is 5.93. The number of aromatic amines is 1. The van der Waals surface area contributed by atoms with E-state index in [0.29, 0.717) is 11.5 Å². The van der Waals surface area contributed by atoms with Crippen molar-refractivity contribution in [1.82, 2.24) is 34.9 Å². The van der Waals surface area contributed by atoms with E-state index in [4.69, 9.17) is 5.10 Å². The third kappa shape index (κ3) is 2.34. The molecule has 0 spiro atoms. The van der Waals surface area contributed by atoms with E-state index in [9.17, 15) is 4.79 Å². The fourth-order valence-electron chi connectivity index (χ4n) is 3.19. The molecule has 2 fully saturated rings. The minimum Gasteiger partial charge on any atom is -0.351 e. The molecule has 4 heterocycles. The predicted octanol–water partition coefficient (Wildman–Crippen LogP) is 0.686. The van der Waals surface area contributed by atoms with Crippen molar-refractivity contribution < 1.29 is 4.79 Å². The second-order valence-electron chi connectivity index (χ2n) is 6.76. The van der Waals surface area contributed by atoms with Crippen molar-refractivity contribution >= 4 is 17.4 Å². The molecular formula is C16H18N8O. The van der Waals surface area contributed by atoms with Crippen LogP contribution >= 0.6 is 0 Å². The van der Waals surface area contributed by atoms with Gasteiger partial charge in [0, 0.05) is 32.3 Å². The Morgan fingerprint density at radius 3 is 2.84 bits per heavy atom. The van der Waals surface area contributed by atoms with E-state index in [-0.39, 0.29) is 11.9 Å². The summed E-state index contributed by atoms with van der Waals surface area (Å²) >= 11 is 0. The zero-order valence-corrected chi connectivity index (χ0v) is 13.8. The number of likely N-dealkylation sites (N-methyl/N-ethyl adjacent to an activating group) is 1. The van der Waals surface area contributed by atoms with Gasteiger partial charge in [0.25, 0.3) is 5.91 Å². The van der Waals surface area contributed by atoms with Crippen molar-refractivity contribution in [2.75, 3.05) is 25.0 Å². The minimum absolute atomic E-state index is 0.0170. The lowest BCUT2D eigenvalue weighted by atomic mass is 10.1. The number of fused-ring (bicyclic) bond motifs is 1. The van der Waals surface area contributed by atoms with Crippen molar-refractivity contribution in [3.63, 3.8) is 0 Å². The number of nitrogens with one attached hydrogen (secondary N) is 1. The van der Waals surface area contributed by atoms with Crippen LogP contribution in [0.4, 0.5) is 5.82 Å². The third-order valence-electron chi connectivity index (χ3n) is 5.01. The zero-order chi connectivity index (χ0) is 17.0. The molecule has 1 aliphatic heterocycles. The van der Waals surface area contributed by atoms with Gasteiger partial charge in [-0.25, -0.2) is 0 Å². The van der Waals surface area contributed by atoms with E-state index in [0.717, 1.165) is 30.4 Å². The molecular weight excluding hydrogens is 320 g/mol. The molecule has 0 bridgehead atoms. The van der Waals surface area contributed by atoms with Crippen LogP contribution in [0.15, 0.2) is 24.5 Å². The molecule has 1 N–H and O–H groups in total. The lowest BCUT2D eigenvalue weighted by molar-refractivity contribution is 0.0705. The van der Waals surface area contributed by atoms with E-state index in [1.54, 1.807) is 17.3 Å². The number of amides is 1. The summed E-state index contributed by atoms with van der Waals surface area (Å²) in [5.41, 5.74) is 1.37. The van der Waals surface area contributed by atoms with Crippen LogP contribution < -0.4 is 4.90 Å². The molecule has 5 rings (SSSR count). The number of carbonyl (C=O) groups is 1. The Kier molecular flexibility index (Phi) is 3.03. The number of hydrogen-bond donors (Lipinski definition) is 1. The van der Waals surface area contributed by atoms with E-state index in [1.165, 1.54) is 12.8 Å². The average molecular weight is 338 g/mol. The number of aromatic nitrogens is 6. The number of carbonyl (C=O) groups excluding carboxylic acids is 1. The van der Waals surface area contributed by atoms with E-state index in [1.807, 2.05) is 23.7 Å². The summed E-state index contributed by atoms with van der Waals surface area (Å²) in [5.74, 6) is 2.34. The second-order valence-corrected chi connectivity index (χ2v) is 6.76. The molecule has 3 aromatic rings. The fourth-order valence-corrected chi connectivity index (χ4v) is 3.19. The molecule has 3 aromatic heterocycles. The van der Waals surface area contributed by atoms with Crippen LogP contribution in [0.1, 0.15) is 34.9 Å². The highest BCUT2D eigenvalue weighted by Gasteiger charge is 2.34. The van der Waals surface area contributed by atoms with Gasteiger partial charge in [-0.2, -0.15) is 9.61 Å². The van der Waals surface area contributed by atoms with Crippen LogP contribution in [0, 0.1) is 0 Å². The SMILES string of the molecule is CN(C(=O)c1cn[nH]c1)C1CN(c2ccc3nnc(C4CC4)n3n2)C1. The van der Waals surface area contributed by atoms with Crippen LogP contribution in [0.25, 0.3) is 5.65 Å². The molecule has 128 valence electrons. The van der Waals surface area contributed by atoms with Gasteiger partial charge in [0.05, 0.1) is 17.8 Å². The molecule has 25 heavy (non-hydrogen) atoms. The first-order valence-corrected chi connectivity index (χ1v) is 8.44. The molecule has 1 saturated heterocycles. The Morgan fingerprint density at radius 1 is 1.28 bits per heavy atom. The quantitative estimate of drug-likeness (QED) is 0.752. The number of rotatable bonds is 4. The minimum atomic E-state index is -0.0170. The number of anilines is 1. The van der Waals surface area contributed by atoms with Crippen molar-refractivity contribution in [2.24, 2.45) is 0 Å². The lowest BCUT2D eigenvalue weighted by Gasteiger charge is -2.44. The van der Waals surface area contributed by atoms with Crippen LogP contribution in [-0.2, 0) is 0 Å². The van der Waals surface area contributed by atoms with Gasteiger partial charge in [-0.1, -0.05) is 0 Å². The van der Waals surface area contributed by atoms with Gasteiger partial charge in [0.1, 0.15) is 5.82 Å². The van der Waals surface area contributed by atoms with Gasteiger partial charge in [-0.05, 0) is 25.0 Å². The largest absolute Gasteiger partial charge is 0.351 e. The Labute approximate surface area is 143 Å². The molecule has 1 aliphatic carbocycles. The summed E-state index contributed by atoms with van der Waals surface area (Å²) in [4.78, 5) is 16.3. The van der Waals surface area contributed by atoms with Crippen LogP contribution in [0.2, 0.25) is 0 Å². The molecule has 0 aromatic carbocycles. The summed E-state index contributed by atoms with van der Waals surface area (Å²) in [6.45, 7) is 1.53. The third-order valence-corrected chi connectivity index (χ3v) is 5.01. The number of H-pyrrole nitrogens is 1. The Bertz CT molecular complexity index is 923. The van der Waals surface area contributed by atoms with Crippen LogP contribution in [0.5, 0.6) is 0 Å². The molecule has 9 heteroatoms. The van der Waals surface area contributed by atoms with Crippen LogP contribution in [-0.4, -0.2) is 67.0 Å². The smallest absolute Gasteiger partial charge is 0.257 e. The zero-order valence-electron chi connectivity index (χ0n) is 13.8. The van der Waals surface area contributed by atoms with E-state index >= 15 is 0 Å². The first kappa shape index (κ1) is 14.4. The van der Waals surface area contributed by atoms with Crippen molar-refractivity contribution in [3.05, 3.63) is 35.9 Å². The predicted molar refractivity (Wildman–Crippen MR) is 89.4 cm³/mol. The molecule has 0 radical (unpaired) electrons. The standard InChI is InChI=1S/C16H18N8O/c1-22(16(25)11-6-17-18-7-11)12-8-23(9-12)14-5-4-13-19-20-15(10-2-3-10)24(13)21-14/h4-7,10,12H,2-3,8-9H2,1H3,(H,17,18). The van der Waals surface area contributed by atoms with Gasteiger partial charge in [0.2, 0.25) is 0 Å². The molecule has 2 aliphatic rings. The van der Waals surface area contributed by atoms with Gasteiger partial charge in [-0.15, -0.1) is 15.3 Å². The van der Waals surface area contributed by atoms with Crippen LogP contribution in [0.3, 0.4) is 0 Å². The first-order valence-electron chi connectivity index (χ1n) is 8.44. The molecule has 1 saturated carbocycles. The van der Waals surface area contributed by atoms with Gasteiger partial charge in [-0.3, -0.25) is 9.89 Å². The first-order chi connectivity index (χ1) is 12.2. The summed E-state index contributed by atoms with van der Waals surface area (Å²) in [5, 5.41) is 19.7.